The molecule has 0 saturated carbocycles. The normalized spacial score (nSPS) is 10.6. The molecule has 2 rings (SSSR count). The van der Waals surface area contributed by atoms with Crippen LogP contribution in [0.5, 0.6) is 5.75 Å². The highest BCUT2D eigenvalue weighted by Gasteiger charge is 2.08. The fourth-order valence-electron chi connectivity index (χ4n) is 1.59. The van der Waals surface area contributed by atoms with Crippen molar-refractivity contribution < 1.29 is 9.26 Å². The lowest BCUT2D eigenvalue weighted by atomic mass is 10.2. The molecule has 0 fully saturated rings. The molecule has 5 nitrogen and oxygen atoms in total. The average molecular weight is 247 g/mol. The Balaban J connectivity index is 2.08. The Bertz CT molecular complexity index is 479. The van der Waals surface area contributed by atoms with Crippen LogP contribution in [-0.4, -0.2) is 23.3 Å². The van der Waals surface area contributed by atoms with E-state index in [1.54, 1.807) is 0 Å². The number of hydrogen-bond donors (Lipinski definition) is 1. The molecule has 2 N–H and O–H groups in total. The number of benzene rings is 1. The van der Waals surface area contributed by atoms with Crippen LogP contribution in [0.15, 0.2) is 28.8 Å². The van der Waals surface area contributed by atoms with E-state index in [0.717, 1.165) is 24.2 Å². The molecule has 1 aromatic heterocycles. The van der Waals surface area contributed by atoms with Crippen LogP contribution in [0.25, 0.3) is 11.4 Å². The molecule has 2 aromatic rings. The first-order valence-electron chi connectivity index (χ1n) is 6.09. The lowest BCUT2D eigenvalue weighted by Gasteiger charge is -2.02. The number of aromatic nitrogens is 2. The molecule has 0 saturated heterocycles. The van der Waals surface area contributed by atoms with Gasteiger partial charge in [-0.15, -0.1) is 0 Å². The number of rotatable bonds is 6. The van der Waals surface area contributed by atoms with E-state index in [0.29, 0.717) is 24.9 Å². The van der Waals surface area contributed by atoms with Crippen molar-refractivity contribution in [2.75, 3.05) is 13.2 Å². The van der Waals surface area contributed by atoms with Crippen LogP contribution in [-0.2, 0) is 6.42 Å². The molecule has 0 aliphatic rings. The second kappa shape index (κ2) is 6.16. The quantitative estimate of drug-likeness (QED) is 0.845. The zero-order chi connectivity index (χ0) is 12.8. The van der Waals surface area contributed by atoms with Gasteiger partial charge in [-0.2, -0.15) is 4.98 Å². The van der Waals surface area contributed by atoms with Gasteiger partial charge in [0.1, 0.15) is 5.75 Å². The van der Waals surface area contributed by atoms with Crippen LogP contribution in [0.3, 0.4) is 0 Å². The maximum absolute atomic E-state index is 5.44. The molecule has 1 aromatic carbocycles. The molecule has 0 spiro atoms. The highest BCUT2D eigenvalue weighted by Crippen LogP contribution is 2.20. The summed E-state index contributed by atoms with van der Waals surface area (Å²) >= 11 is 0. The molecule has 5 heteroatoms. The molecule has 18 heavy (non-hydrogen) atoms. The van der Waals surface area contributed by atoms with Gasteiger partial charge in [0.05, 0.1) is 6.61 Å². The van der Waals surface area contributed by atoms with Crippen molar-refractivity contribution in [2.45, 2.75) is 19.8 Å². The molecule has 0 atom stereocenters. The summed E-state index contributed by atoms with van der Waals surface area (Å²) in [5.74, 6) is 2.07. The van der Waals surface area contributed by atoms with Crippen molar-refractivity contribution in [1.82, 2.24) is 10.1 Å². The lowest BCUT2D eigenvalue weighted by molar-refractivity contribution is 0.340. The van der Waals surface area contributed by atoms with E-state index in [4.69, 9.17) is 15.0 Å². The fraction of sp³-hybridized carbons (Fsp3) is 0.385. The molecule has 0 radical (unpaired) electrons. The van der Waals surface area contributed by atoms with Gasteiger partial charge in [0.2, 0.25) is 11.7 Å². The number of ether oxygens (including phenoxy) is 1. The second-order valence-electron chi connectivity index (χ2n) is 3.86. The molecule has 0 aliphatic heterocycles. The van der Waals surface area contributed by atoms with Gasteiger partial charge in [-0.25, -0.2) is 0 Å². The third-order valence-electron chi connectivity index (χ3n) is 2.49. The average Bonchev–Trinajstić information content (AvgIpc) is 2.86. The molecule has 96 valence electrons. The number of hydrogen-bond acceptors (Lipinski definition) is 5. The fourth-order valence-corrected chi connectivity index (χ4v) is 1.59. The molecular formula is C13H17N3O2. The smallest absolute Gasteiger partial charge is 0.227 e. The minimum atomic E-state index is 0.602. The van der Waals surface area contributed by atoms with Crippen LogP contribution in [0.1, 0.15) is 19.2 Å². The molecule has 0 unspecified atom stereocenters. The largest absolute Gasteiger partial charge is 0.494 e. The van der Waals surface area contributed by atoms with Crippen molar-refractivity contribution in [3.63, 3.8) is 0 Å². The molecule has 0 amide bonds. The molecule has 1 heterocycles. The highest BCUT2D eigenvalue weighted by atomic mass is 16.5. The Morgan fingerprint density at radius 2 is 2.06 bits per heavy atom. The second-order valence-corrected chi connectivity index (χ2v) is 3.86. The van der Waals surface area contributed by atoms with Gasteiger partial charge in [0, 0.05) is 12.0 Å². The zero-order valence-corrected chi connectivity index (χ0v) is 10.4. The Morgan fingerprint density at radius 1 is 1.28 bits per heavy atom. The summed E-state index contributed by atoms with van der Waals surface area (Å²) in [6, 6.07) is 7.63. The Hall–Kier alpha value is -1.88. The van der Waals surface area contributed by atoms with E-state index in [9.17, 15) is 0 Å². The first-order valence-corrected chi connectivity index (χ1v) is 6.09. The van der Waals surface area contributed by atoms with Crippen LogP contribution in [0.4, 0.5) is 0 Å². The van der Waals surface area contributed by atoms with Crippen LogP contribution in [0, 0.1) is 0 Å². The topological polar surface area (TPSA) is 74.2 Å². The van der Waals surface area contributed by atoms with Gasteiger partial charge < -0.3 is 15.0 Å². The minimum absolute atomic E-state index is 0.602. The van der Waals surface area contributed by atoms with Crippen molar-refractivity contribution in [3.8, 4) is 17.1 Å². The summed E-state index contributed by atoms with van der Waals surface area (Å²) in [7, 11) is 0. The van der Waals surface area contributed by atoms with Gasteiger partial charge in [0.15, 0.2) is 0 Å². The summed E-state index contributed by atoms with van der Waals surface area (Å²) in [4.78, 5) is 4.32. The van der Waals surface area contributed by atoms with Gasteiger partial charge in [0.25, 0.3) is 0 Å². The van der Waals surface area contributed by atoms with Gasteiger partial charge in [-0.3, -0.25) is 0 Å². The molecule has 0 bridgehead atoms. The lowest BCUT2D eigenvalue weighted by Crippen LogP contribution is -2.00. The van der Waals surface area contributed by atoms with Crippen molar-refractivity contribution in [2.24, 2.45) is 5.73 Å². The highest BCUT2D eigenvalue weighted by molar-refractivity contribution is 5.55. The van der Waals surface area contributed by atoms with E-state index < -0.39 is 0 Å². The third-order valence-corrected chi connectivity index (χ3v) is 2.49. The summed E-state index contributed by atoms with van der Waals surface area (Å²) in [6.07, 6.45) is 1.57. The Morgan fingerprint density at radius 3 is 2.72 bits per heavy atom. The van der Waals surface area contributed by atoms with Crippen LogP contribution >= 0.6 is 0 Å². The van der Waals surface area contributed by atoms with E-state index in [1.165, 1.54) is 0 Å². The first-order chi connectivity index (χ1) is 8.83. The van der Waals surface area contributed by atoms with Gasteiger partial charge in [-0.05, 0) is 44.2 Å². The predicted molar refractivity (Wildman–Crippen MR) is 68.3 cm³/mol. The zero-order valence-electron chi connectivity index (χ0n) is 10.4. The van der Waals surface area contributed by atoms with Crippen molar-refractivity contribution >= 4 is 0 Å². The SMILES string of the molecule is CCOc1ccc(-c2noc(CCCN)n2)cc1. The van der Waals surface area contributed by atoms with Crippen molar-refractivity contribution in [1.29, 1.82) is 0 Å². The van der Waals surface area contributed by atoms with E-state index >= 15 is 0 Å². The molecule has 0 aliphatic carbocycles. The standard InChI is InChI=1S/C13H17N3O2/c1-2-17-11-7-5-10(6-8-11)13-15-12(18-16-13)4-3-9-14/h5-8H,2-4,9,14H2,1H3. The number of nitrogens with two attached hydrogens (primary N) is 1. The number of aryl methyl sites for hydroxylation is 1. The van der Waals surface area contributed by atoms with Crippen molar-refractivity contribution in [3.05, 3.63) is 30.2 Å². The monoisotopic (exact) mass is 247 g/mol. The van der Waals surface area contributed by atoms with E-state index in [2.05, 4.69) is 10.1 Å². The summed E-state index contributed by atoms with van der Waals surface area (Å²) in [5, 5.41) is 3.95. The van der Waals surface area contributed by atoms with Gasteiger partial charge >= 0.3 is 0 Å². The summed E-state index contributed by atoms with van der Waals surface area (Å²) in [5.41, 5.74) is 6.35. The summed E-state index contributed by atoms with van der Waals surface area (Å²) < 4.78 is 10.5. The molecular weight excluding hydrogens is 230 g/mol. The van der Waals surface area contributed by atoms with Gasteiger partial charge in [-0.1, -0.05) is 5.16 Å². The van der Waals surface area contributed by atoms with Crippen LogP contribution in [0.2, 0.25) is 0 Å². The minimum Gasteiger partial charge on any atom is -0.494 e. The predicted octanol–water partition coefficient (Wildman–Crippen LogP) is 2.03. The maximum Gasteiger partial charge on any atom is 0.227 e. The third kappa shape index (κ3) is 3.07. The Labute approximate surface area is 106 Å². The van der Waals surface area contributed by atoms with E-state index in [-0.39, 0.29) is 0 Å². The first kappa shape index (κ1) is 12.6. The maximum atomic E-state index is 5.44. The summed E-state index contributed by atoms with van der Waals surface area (Å²) in [6.45, 7) is 3.24. The number of nitrogens with zero attached hydrogens (tertiary/aromatic N) is 2. The van der Waals surface area contributed by atoms with Crippen LogP contribution < -0.4 is 10.5 Å². The Kier molecular flexibility index (Phi) is 4.30. The van der Waals surface area contributed by atoms with E-state index in [1.807, 2.05) is 31.2 Å².